The van der Waals surface area contributed by atoms with E-state index in [9.17, 15) is 0 Å². The number of guanidine groups is 1. The molecule has 1 aromatic heterocycles. The van der Waals surface area contributed by atoms with Gasteiger partial charge < -0.3 is 19.9 Å². The van der Waals surface area contributed by atoms with E-state index in [1.54, 1.807) is 14.2 Å². The summed E-state index contributed by atoms with van der Waals surface area (Å²) in [4.78, 5) is 6.76. The van der Waals surface area contributed by atoms with Crippen molar-refractivity contribution in [1.29, 1.82) is 0 Å². The highest BCUT2D eigenvalue weighted by molar-refractivity contribution is 14.0. The molecule has 0 amide bonds. The smallest absolute Gasteiger partial charge is 0.191 e. The van der Waals surface area contributed by atoms with E-state index in [-0.39, 0.29) is 24.0 Å². The number of aromatic nitrogens is 1. The Morgan fingerprint density at radius 1 is 1.40 bits per heavy atom. The van der Waals surface area contributed by atoms with Crippen LogP contribution in [0.4, 0.5) is 0 Å². The quantitative estimate of drug-likeness (QED) is 0.341. The van der Waals surface area contributed by atoms with Crippen LogP contribution in [0.2, 0.25) is 10.2 Å². The van der Waals surface area contributed by atoms with Crippen LogP contribution in [-0.2, 0) is 18.3 Å². The van der Waals surface area contributed by atoms with Crippen molar-refractivity contribution < 1.29 is 4.74 Å². The van der Waals surface area contributed by atoms with Gasteiger partial charge in [-0.05, 0) is 25.5 Å². The molecule has 9 heteroatoms. The minimum absolute atomic E-state index is 0. The minimum Gasteiger partial charge on any atom is -0.383 e. The third-order valence-corrected chi connectivity index (χ3v) is 5.31. The van der Waals surface area contributed by atoms with E-state index in [2.05, 4.69) is 20.5 Å². The summed E-state index contributed by atoms with van der Waals surface area (Å²) in [5.41, 5.74) is 1.01. The van der Waals surface area contributed by atoms with Crippen LogP contribution in [0, 0.1) is 0 Å². The molecule has 1 aromatic rings. The Hall–Kier alpha value is -0.220. The van der Waals surface area contributed by atoms with E-state index >= 15 is 0 Å². The summed E-state index contributed by atoms with van der Waals surface area (Å²) in [6.45, 7) is 4.38. The SMILES string of the molecule is CN=C(NCc1cc(Cl)c(Cl)n1C)NCC1CCCN1CCOC.I. The maximum Gasteiger partial charge on any atom is 0.191 e. The number of ether oxygens (including phenoxy) is 1. The summed E-state index contributed by atoms with van der Waals surface area (Å²) in [5.74, 6) is 0.780. The van der Waals surface area contributed by atoms with E-state index in [1.165, 1.54) is 12.8 Å². The lowest BCUT2D eigenvalue weighted by molar-refractivity contribution is 0.141. The van der Waals surface area contributed by atoms with Crippen LogP contribution in [-0.4, -0.2) is 61.9 Å². The summed E-state index contributed by atoms with van der Waals surface area (Å²) in [6.07, 6.45) is 2.44. The molecular formula is C16H28Cl2IN5O. The zero-order valence-electron chi connectivity index (χ0n) is 15.0. The molecule has 0 saturated carbocycles. The van der Waals surface area contributed by atoms with Gasteiger partial charge in [-0.25, -0.2) is 0 Å². The van der Waals surface area contributed by atoms with Crippen molar-refractivity contribution in [2.45, 2.75) is 25.4 Å². The number of hydrogen-bond donors (Lipinski definition) is 2. The molecule has 0 radical (unpaired) electrons. The molecule has 0 aromatic carbocycles. The molecule has 144 valence electrons. The summed E-state index contributed by atoms with van der Waals surface area (Å²) in [5, 5.41) is 7.84. The lowest BCUT2D eigenvalue weighted by atomic mass is 10.2. The Labute approximate surface area is 177 Å². The Morgan fingerprint density at radius 2 is 2.16 bits per heavy atom. The molecule has 0 aliphatic carbocycles. The molecule has 25 heavy (non-hydrogen) atoms. The van der Waals surface area contributed by atoms with Gasteiger partial charge in [-0.3, -0.25) is 9.89 Å². The first-order valence-electron chi connectivity index (χ1n) is 8.24. The molecular weight excluding hydrogens is 476 g/mol. The first-order valence-corrected chi connectivity index (χ1v) is 8.99. The van der Waals surface area contributed by atoms with Gasteiger partial charge in [-0.15, -0.1) is 24.0 Å². The van der Waals surface area contributed by atoms with Gasteiger partial charge in [0.2, 0.25) is 0 Å². The van der Waals surface area contributed by atoms with Crippen molar-refractivity contribution in [1.82, 2.24) is 20.1 Å². The predicted octanol–water partition coefficient (Wildman–Crippen LogP) is 2.73. The largest absolute Gasteiger partial charge is 0.383 e. The maximum absolute atomic E-state index is 6.09. The summed E-state index contributed by atoms with van der Waals surface area (Å²) < 4.78 is 7.06. The average Bonchev–Trinajstić information content (AvgIpc) is 3.13. The van der Waals surface area contributed by atoms with Gasteiger partial charge >= 0.3 is 0 Å². The molecule has 0 spiro atoms. The van der Waals surface area contributed by atoms with Crippen LogP contribution < -0.4 is 10.6 Å². The van der Waals surface area contributed by atoms with Crippen LogP contribution in [0.5, 0.6) is 0 Å². The van der Waals surface area contributed by atoms with Crippen molar-refractivity contribution in [3.63, 3.8) is 0 Å². The molecule has 1 unspecified atom stereocenters. The lowest BCUT2D eigenvalue weighted by Gasteiger charge is -2.25. The number of halogens is 3. The van der Waals surface area contributed by atoms with Gasteiger partial charge in [-0.1, -0.05) is 23.2 Å². The molecule has 6 nitrogen and oxygen atoms in total. The van der Waals surface area contributed by atoms with Gasteiger partial charge in [0.25, 0.3) is 0 Å². The maximum atomic E-state index is 6.09. The Bertz CT molecular complexity index is 567. The van der Waals surface area contributed by atoms with Crippen LogP contribution in [0.15, 0.2) is 11.1 Å². The molecule has 2 rings (SSSR count). The van der Waals surface area contributed by atoms with Crippen molar-refractivity contribution >= 4 is 53.1 Å². The monoisotopic (exact) mass is 503 g/mol. The Balaban J connectivity index is 0.00000312. The second-order valence-electron chi connectivity index (χ2n) is 5.96. The molecule has 1 aliphatic heterocycles. The number of methoxy groups -OCH3 is 1. The third-order valence-electron chi connectivity index (χ3n) is 4.46. The van der Waals surface area contributed by atoms with Crippen LogP contribution in [0.3, 0.4) is 0 Å². The molecule has 2 heterocycles. The zero-order chi connectivity index (χ0) is 17.5. The van der Waals surface area contributed by atoms with Crippen molar-refractivity contribution in [3.8, 4) is 0 Å². The first kappa shape index (κ1) is 22.8. The van der Waals surface area contributed by atoms with Gasteiger partial charge in [-0.2, -0.15) is 0 Å². The fraction of sp³-hybridized carbons (Fsp3) is 0.688. The summed E-state index contributed by atoms with van der Waals surface area (Å²) in [6, 6.07) is 2.39. The van der Waals surface area contributed by atoms with Gasteiger partial charge in [0.05, 0.1) is 18.2 Å². The Kier molecular flexibility index (Phi) is 10.5. The molecule has 1 fully saturated rings. The van der Waals surface area contributed by atoms with E-state index in [1.807, 2.05) is 17.7 Å². The number of aliphatic imine (C=N–C) groups is 1. The third kappa shape index (κ3) is 6.46. The van der Waals surface area contributed by atoms with Crippen molar-refractivity contribution in [2.24, 2.45) is 12.0 Å². The minimum atomic E-state index is 0. The number of nitrogens with zero attached hydrogens (tertiary/aromatic N) is 3. The topological polar surface area (TPSA) is 53.8 Å². The average molecular weight is 504 g/mol. The van der Waals surface area contributed by atoms with Gasteiger partial charge in [0, 0.05) is 46.0 Å². The number of rotatable bonds is 7. The second-order valence-corrected chi connectivity index (χ2v) is 6.73. The van der Waals surface area contributed by atoms with E-state index in [0.717, 1.165) is 37.9 Å². The number of likely N-dealkylation sites (tertiary alicyclic amines) is 1. The van der Waals surface area contributed by atoms with E-state index < -0.39 is 0 Å². The normalized spacial score (nSPS) is 18.3. The highest BCUT2D eigenvalue weighted by Crippen LogP contribution is 2.24. The highest BCUT2D eigenvalue weighted by atomic mass is 127. The fourth-order valence-electron chi connectivity index (χ4n) is 3.00. The predicted molar refractivity (Wildman–Crippen MR) is 116 cm³/mol. The van der Waals surface area contributed by atoms with Crippen LogP contribution in [0.1, 0.15) is 18.5 Å². The molecule has 1 atom stereocenters. The van der Waals surface area contributed by atoms with E-state index in [4.69, 9.17) is 27.9 Å². The van der Waals surface area contributed by atoms with Crippen molar-refractivity contribution in [2.75, 3.05) is 40.4 Å². The van der Waals surface area contributed by atoms with Gasteiger partial charge in [0.1, 0.15) is 5.15 Å². The van der Waals surface area contributed by atoms with Crippen LogP contribution >= 0.6 is 47.2 Å². The molecule has 1 saturated heterocycles. The Morgan fingerprint density at radius 3 is 2.76 bits per heavy atom. The van der Waals surface area contributed by atoms with Crippen LogP contribution in [0.25, 0.3) is 0 Å². The first-order chi connectivity index (χ1) is 11.6. The number of hydrogen-bond acceptors (Lipinski definition) is 3. The fourth-order valence-corrected chi connectivity index (χ4v) is 3.41. The highest BCUT2D eigenvalue weighted by Gasteiger charge is 2.24. The molecule has 2 N–H and O–H groups in total. The molecule has 1 aliphatic rings. The summed E-state index contributed by atoms with van der Waals surface area (Å²) in [7, 11) is 5.42. The van der Waals surface area contributed by atoms with Crippen molar-refractivity contribution in [3.05, 3.63) is 21.9 Å². The van der Waals surface area contributed by atoms with Gasteiger partial charge in [0.15, 0.2) is 5.96 Å². The standard InChI is InChI=1S/C16H27Cl2N5O.HI/c1-19-16(21-11-13-9-14(17)15(18)22(13)2)20-10-12-5-4-6-23(12)7-8-24-3;/h9,12H,4-8,10-11H2,1-3H3,(H2,19,20,21);1H. The number of nitrogens with one attached hydrogen (secondary N) is 2. The zero-order valence-corrected chi connectivity index (χ0v) is 18.9. The second kappa shape index (κ2) is 11.5. The summed E-state index contributed by atoms with van der Waals surface area (Å²) >= 11 is 12.1. The molecule has 0 bridgehead atoms. The lowest BCUT2D eigenvalue weighted by Crippen LogP contribution is -2.45. The van der Waals surface area contributed by atoms with E-state index in [0.29, 0.717) is 22.8 Å².